The third-order valence-electron chi connectivity index (χ3n) is 5.18. The Bertz CT molecular complexity index is 939. The molecule has 8 heteroatoms. The van der Waals surface area contributed by atoms with E-state index >= 15 is 0 Å². The fourth-order valence-corrected chi connectivity index (χ4v) is 3.57. The molecule has 0 bridgehead atoms. The van der Waals surface area contributed by atoms with Gasteiger partial charge in [0.1, 0.15) is 6.61 Å². The van der Waals surface area contributed by atoms with E-state index in [1.165, 1.54) is 6.92 Å². The third-order valence-corrected chi connectivity index (χ3v) is 5.55. The molecule has 2 aromatic rings. The standard InChI is InChI=1S/C23H25ClN2O5/c1-16(27)17-6-8-19(9-7-17)25-22(29)31-15-23(10-12-30-13-11-23)26-21(28)14-18-4-2-3-5-20(18)24/h2-9H,10-15H2,1H3,(H,25,29)(H,26,28). The molecular formula is C23H25ClN2O5. The highest BCUT2D eigenvalue weighted by atomic mass is 35.5. The molecule has 3 rings (SSSR count). The molecule has 0 spiro atoms. The third kappa shape index (κ3) is 6.54. The maximum absolute atomic E-state index is 12.7. The van der Waals surface area contributed by atoms with Crippen LogP contribution in [0.5, 0.6) is 0 Å². The van der Waals surface area contributed by atoms with Crippen LogP contribution in [0.3, 0.4) is 0 Å². The van der Waals surface area contributed by atoms with Crippen molar-refractivity contribution in [2.75, 3.05) is 25.1 Å². The van der Waals surface area contributed by atoms with Crippen molar-refractivity contribution in [3.05, 3.63) is 64.7 Å². The number of Topliss-reactive ketones (excluding diaryl/α,β-unsaturated/α-hetero) is 1. The zero-order valence-corrected chi connectivity index (χ0v) is 18.0. The monoisotopic (exact) mass is 444 g/mol. The number of hydrogen-bond donors (Lipinski definition) is 2. The number of ketones is 1. The summed E-state index contributed by atoms with van der Waals surface area (Å²) >= 11 is 6.16. The highest BCUT2D eigenvalue weighted by molar-refractivity contribution is 6.31. The molecule has 2 amide bonds. The van der Waals surface area contributed by atoms with Crippen molar-refractivity contribution in [2.45, 2.75) is 31.7 Å². The lowest BCUT2D eigenvalue weighted by atomic mass is 9.90. The van der Waals surface area contributed by atoms with Gasteiger partial charge in [0.25, 0.3) is 0 Å². The quantitative estimate of drug-likeness (QED) is 0.629. The van der Waals surface area contributed by atoms with Gasteiger partial charge in [-0.1, -0.05) is 29.8 Å². The van der Waals surface area contributed by atoms with Gasteiger partial charge >= 0.3 is 6.09 Å². The predicted octanol–water partition coefficient (Wildman–Crippen LogP) is 4.00. The van der Waals surface area contributed by atoms with Crippen molar-refractivity contribution in [3.8, 4) is 0 Å². The minimum absolute atomic E-state index is 0.0159. The van der Waals surface area contributed by atoms with Gasteiger partial charge in [-0.3, -0.25) is 14.9 Å². The maximum Gasteiger partial charge on any atom is 0.411 e. The van der Waals surface area contributed by atoms with E-state index in [-0.39, 0.29) is 24.7 Å². The summed E-state index contributed by atoms with van der Waals surface area (Å²) in [4.78, 5) is 36.3. The molecule has 0 atom stereocenters. The average molecular weight is 445 g/mol. The Hall–Kier alpha value is -2.90. The van der Waals surface area contributed by atoms with E-state index < -0.39 is 11.6 Å². The van der Waals surface area contributed by atoms with Gasteiger partial charge in [0.15, 0.2) is 5.78 Å². The number of carbonyl (C=O) groups is 3. The second-order valence-corrected chi connectivity index (χ2v) is 7.95. The van der Waals surface area contributed by atoms with E-state index in [2.05, 4.69) is 10.6 Å². The predicted molar refractivity (Wildman–Crippen MR) is 117 cm³/mol. The summed E-state index contributed by atoms with van der Waals surface area (Å²) in [7, 11) is 0. The van der Waals surface area contributed by atoms with Gasteiger partial charge in [-0.25, -0.2) is 4.79 Å². The number of anilines is 1. The van der Waals surface area contributed by atoms with Gasteiger partial charge in [0, 0.05) is 29.5 Å². The molecule has 1 aliphatic heterocycles. The van der Waals surface area contributed by atoms with Crippen molar-refractivity contribution in [1.82, 2.24) is 5.32 Å². The molecule has 0 unspecified atom stereocenters. The van der Waals surface area contributed by atoms with Gasteiger partial charge in [-0.05, 0) is 55.7 Å². The number of rotatable bonds is 7. The molecule has 1 heterocycles. The van der Waals surface area contributed by atoms with Gasteiger partial charge < -0.3 is 14.8 Å². The molecule has 7 nitrogen and oxygen atoms in total. The normalized spacial score (nSPS) is 15.0. The molecule has 0 aromatic heterocycles. The topological polar surface area (TPSA) is 93.7 Å². The van der Waals surface area contributed by atoms with Gasteiger partial charge in [-0.2, -0.15) is 0 Å². The van der Waals surface area contributed by atoms with Crippen LogP contribution in [-0.4, -0.2) is 43.1 Å². The number of carbonyl (C=O) groups excluding carboxylic acids is 3. The molecule has 1 saturated heterocycles. The minimum atomic E-state index is -0.702. The summed E-state index contributed by atoms with van der Waals surface area (Å²) in [5.74, 6) is -0.248. The zero-order valence-electron chi connectivity index (χ0n) is 17.3. The second-order valence-electron chi connectivity index (χ2n) is 7.54. The molecule has 31 heavy (non-hydrogen) atoms. The fraction of sp³-hybridized carbons (Fsp3) is 0.348. The molecule has 1 fully saturated rings. The SMILES string of the molecule is CC(=O)c1ccc(NC(=O)OCC2(NC(=O)Cc3ccccc3Cl)CCOCC2)cc1. The Morgan fingerprint density at radius 2 is 1.74 bits per heavy atom. The number of ether oxygens (including phenoxy) is 2. The molecule has 164 valence electrons. The first-order valence-corrected chi connectivity index (χ1v) is 10.4. The van der Waals surface area contributed by atoms with Crippen molar-refractivity contribution < 1.29 is 23.9 Å². The lowest BCUT2D eigenvalue weighted by Crippen LogP contribution is -2.56. The van der Waals surface area contributed by atoms with Crippen LogP contribution in [-0.2, 0) is 20.7 Å². The fourth-order valence-electron chi connectivity index (χ4n) is 3.37. The Morgan fingerprint density at radius 1 is 1.06 bits per heavy atom. The molecular weight excluding hydrogens is 420 g/mol. The first-order chi connectivity index (χ1) is 14.9. The number of halogens is 1. The maximum atomic E-state index is 12.7. The molecule has 1 aliphatic rings. The molecule has 0 aliphatic carbocycles. The van der Waals surface area contributed by atoms with Crippen LogP contribution in [0, 0.1) is 0 Å². The Morgan fingerprint density at radius 3 is 2.39 bits per heavy atom. The zero-order chi connectivity index (χ0) is 22.3. The number of nitrogens with one attached hydrogen (secondary N) is 2. The second kappa shape index (κ2) is 10.4. The van der Waals surface area contributed by atoms with Crippen LogP contribution in [0.1, 0.15) is 35.7 Å². The average Bonchev–Trinajstić information content (AvgIpc) is 2.75. The van der Waals surface area contributed by atoms with E-state index in [9.17, 15) is 14.4 Å². The van der Waals surface area contributed by atoms with Crippen LogP contribution in [0.15, 0.2) is 48.5 Å². The number of hydrogen-bond acceptors (Lipinski definition) is 5. The first kappa shape index (κ1) is 22.8. The van der Waals surface area contributed by atoms with E-state index in [1.54, 1.807) is 36.4 Å². The molecule has 0 radical (unpaired) electrons. The highest BCUT2D eigenvalue weighted by Crippen LogP contribution is 2.23. The Labute approximate surface area is 186 Å². The summed E-state index contributed by atoms with van der Waals surface area (Å²) < 4.78 is 10.8. The highest BCUT2D eigenvalue weighted by Gasteiger charge is 2.36. The molecule has 2 N–H and O–H groups in total. The lowest BCUT2D eigenvalue weighted by Gasteiger charge is -2.37. The van der Waals surface area contributed by atoms with Crippen LogP contribution in [0.2, 0.25) is 5.02 Å². The van der Waals surface area contributed by atoms with Crippen LogP contribution < -0.4 is 10.6 Å². The van der Waals surface area contributed by atoms with Crippen LogP contribution in [0.25, 0.3) is 0 Å². The van der Waals surface area contributed by atoms with Gasteiger partial charge in [-0.15, -0.1) is 0 Å². The molecule has 0 saturated carbocycles. The van der Waals surface area contributed by atoms with Crippen LogP contribution in [0.4, 0.5) is 10.5 Å². The molecule has 2 aromatic carbocycles. The first-order valence-electron chi connectivity index (χ1n) is 10.0. The smallest absolute Gasteiger partial charge is 0.411 e. The Balaban J connectivity index is 1.58. The van der Waals surface area contributed by atoms with Crippen molar-refractivity contribution in [1.29, 1.82) is 0 Å². The minimum Gasteiger partial charge on any atom is -0.447 e. The van der Waals surface area contributed by atoms with Crippen molar-refractivity contribution in [2.24, 2.45) is 0 Å². The summed E-state index contributed by atoms with van der Waals surface area (Å²) in [6.07, 6.45) is 0.558. The van der Waals surface area contributed by atoms with E-state index in [4.69, 9.17) is 21.1 Å². The number of amides is 2. The van der Waals surface area contributed by atoms with Gasteiger partial charge in [0.05, 0.1) is 12.0 Å². The summed E-state index contributed by atoms with van der Waals surface area (Å²) in [6.45, 7) is 2.42. The summed E-state index contributed by atoms with van der Waals surface area (Å²) in [5, 5.41) is 6.19. The van der Waals surface area contributed by atoms with Crippen molar-refractivity contribution >= 4 is 35.1 Å². The number of benzene rings is 2. The van der Waals surface area contributed by atoms with Gasteiger partial charge in [0.2, 0.25) is 5.91 Å². The van der Waals surface area contributed by atoms with E-state index in [0.717, 1.165) is 5.56 Å². The Kier molecular flexibility index (Phi) is 7.65. The summed E-state index contributed by atoms with van der Waals surface area (Å²) in [6, 6.07) is 13.7. The van der Waals surface area contributed by atoms with Crippen LogP contribution >= 0.6 is 11.6 Å². The summed E-state index contributed by atoms with van der Waals surface area (Å²) in [5.41, 5.74) is 1.10. The van der Waals surface area contributed by atoms with E-state index in [1.807, 2.05) is 12.1 Å². The largest absolute Gasteiger partial charge is 0.447 e. The van der Waals surface area contributed by atoms with Crippen molar-refractivity contribution in [3.63, 3.8) is 0 Å². The lowest BCUT2D eigenvalue weighted by molar-refractivity contribution is -0.124. The van der Waals surface area contributed by atoms with E-state index in [0.29, 0.717) is 42.3 Å².